The van der Waals surface area contributed by atoms with Crippen LogP contribution in [-0.4, -0.2) is 78.7 Å². The lowest BCUT2D eigenvalue weighted by Crippen LogP contribution is -2.45. The summed E-state index contributed by atoms with van der Waals surface area (Å²) in [6, 6.07) is 4.07. The fourth-order valence-corrected chi connectivity index (χ4v) is 4.03. The fourth-order valence-electron chi connectivity index (χ4n) is 4.03. The zero-order valence-electron chi connectivity index (χ0n) is 16.5. The molecule has 0 saturated carbocycles. The number of piperazine rings is 1. The van der Waals surface area contributed by atoms with Gasteiger partial charge in [0, 0.05) is 63.1 Å². The molecule has 0 N–H and O–H groups in total. The van der Waals surface area contributed by atoms with Crippen molar-refractivity contribution in [2.45, 2.75) is 19.9 Å². The van der Waals surface area contributed by atoms with Crippen molar-refractivity contribution in [2.24, 2.45) is 0 Å². The molecule has 0 spiro atoms. The maximum Gasteiger partial charge on any atom is 0.259 e. The number of morpholine rings is 1. The Hall–Kier alpha value is -1.96. The number of aromatic nitrogens is 2. The summed E-state index contributed by atoms with van der Waals surface area (Å²) in [5, 5.41) is 0. The molecule has 2 aliphatic rings. The Balaban J connectivity index is 1.76. The number of anilines is 1. The van der Waals surface area contributed by atoms with Crippen LogP contribution in [0.5, 0.6) is 0 Å². The van der Waals surface area contributed by atoms with Crippen molar-refractivity contribution in [2.75, 3.05) is 64.4 Å². The highest BCUT2D eigenvalue weighted by molar-refractivity contribution is 5.55. The van der Waals surface area contributed by atoms with Crippen LogP contribution in [0.25, 0.3) is 5.65 Å². The minimum Gasteiger partial charge on any atom is -0.378 e. The lowest BCUT2D eigenvalue weighted by Gasteiger charge is -2.37. The van der Waals surface area contributed by atoms with Gasteiger partial charge in [-0.3, -0.25) is 14.1 Å². The van der Waals surface area contributed by atoms with E-state index < -0.39 is 0 Å². The molecule has 2 saturated heterocycles. The number of hydrogen-bond donors (Lipinski definition) is 0. The molecule has 2 aromatic heterocycles. The molecule has 1 unspecified atom stereocenters. The van der Waals surface area contributed by atoms with Crippen LogP contribution >= 0.6 is 0 Å². The summed E-state index contributed by atoms with van der Waals surface area (Å²) in [5.41, 5.74) is 2.98. The van der Waals surface area contributed by atoms with Crippen molar-refractivity contribution in [3.05, 3.63) is 39.8 Å². The third-order valence-corrected chi connectivity index (χ3v) is 5.78. The van der Waals surface area contributed by atoms with Crippen LogP contribution in [0.15, 0.2) is 23.1 Å². The van der Waals surface area contributed by atoms with Gasteiger partial charge in [-0.15, -0.1) is 0 Å². The second-order valence-corrected chi connectivity index (χ2v) is 7.73. The van der Waals surface area contributed by atoms with Gasteiger partial charge >= 0.3 is 0 Å². The van der Waals surface area contributed by atoms with E-state index in [9.17, 15) is 4.79 Å². The fraction of sp³-hybridized carbons (Fsp3) is 0.600. The van der Waals surface area contributed by atoms with Gasteiger partial charge in [0.05, 0.1) is 13.2 Å². The molecular weight excluding hydrogens is 342 g/mol. The Labute approximate surface area is 160 Å². The SMILES string of the molecule is Cc1cc(C(C)N2CCN(C)CC2)c2nc(N3CCOCC3)cc(=O)n2c1. The summed E-state index contributed by atoms with van der Waals surface area (Å²) in [4.78, 5) is 24.8. The molecule has 7 nitrogen and oxygen atoms in total. The molecule has 2 aromatic rings. The topological polar surface area (TPSA) is 53.3 Å². The van der Waals surface area contributed by atoms with Crippen molar-refractivity contribution in [3.8, 4) is 0 Å². The van der Waals surface area contributed by atoms with Gasteiger partial charge in [0.2, 0.25) is 0 Å². The van der Waals surface area contributed by atoms with Crippen LogP contribution in [0, 0.1) is 6.92 Å². The highest BCUT2D eigenvalue weighted by Gasteiger charge is 2.24. The molecule has 0 aliphatic carbocycles. The standard InChI is InChI=1S/C20H29N5O2/c1-15-12-17(16(2)23-6-4-22(3)5-7-23)20-21-18(13-19(26)25(20)14-15)24-8-10-27-11-9-24/h12-14,16H,4-11H2,1-3H3. The predicted octanol–water partition coefficient (Wildman–Crippen LogP) is 1.15. The van der Waals surface area contributed by atoms with Gasteiger partial charge in [0.15, 0.2) is 0 Å². The summed E-state index contributed by atoms with van der Waals surface area (Å²) in [5.74, 6) is 0.763. The summed E-state index contributed by atoms with van der Waals surface area (Å²) in [6.07, 6.45) is 1.90. The van der Waals surface area contributed by atoms with Crippen LogP contribution in [0.2, 0.25) is 0 Å². The third-order valence-electron chi connectivity index (χ3n) is 5.78. The molecule has 0 amide bonds. The quantitative estimate of drug-likeness (QED) is 0.807. The molecule has 2 aliphatic heterocycles. The monoisotopic (exact) mass is 371 g/mol. The lowest BCUT2D eigenvalue weighted by atomic mass is 10.1. The van der Waals surface area contributed by atoms with Crippen LogP contribution in [0.3, 0.4) is 0 Å². The number of pyridine rings is 1. The first-order chi connectivity index (χ1) is 13.0. The minimum atomic E-state index is -0.0166. The van der Waals surface area contributed by atoms with Crippen molar-refractivity contribution < 1.29 is 4.74 Å². The molecule has 27 heavy (non-hydrogen) atoms. The Morgan fingerprint density at radius 1 is 1.07 bits per heavy atom. The Kier molecular flexibility index (Phi) is 5.16. The second-order valence-electron chi connectivity index (χ2n) is 7.73. The highest BCUT2D eigenvalue weighted by atomic mass is 16.5. The highest BCUT2D eigenvalue weighted by Crippen LogP contribution is 2.26. The smallest absolute Gasteiger partial charge is 0.259 e. The zero-order chi connectivity index (χ0) is 19.0. The predicted molar refractivity (Wildman–Crippen MR) is 107 cm³/mol. The molecule has 2 fully saturated rings. The first-order valence-corrected chi connectivity index (χ1v) is 9.82. The van der Waals surface area contributed by atoms with Crippen LogP contribution in [0.4, 0.5) is 5.82 Å². The lowest BCUT2D eigenvalue weighted by molar-refractivity contribution is 0.119. The zero-order valence-corrected chi connectivity index (χ0v) is 16.5. The molecule has 4 heterocycles. The number of nitrogens with zero attached hydrogens (tertiary/aromatic N) is 5. The maximum atomic E-state index is 12.8. The molecule has 4 rings (SSSR count). The second kappa shape index (κ2) is 7.58. The third kappa shape index (κ3) is 3.72. The van der Waals surface area contributed by atoms with E-state index in [1.165, 1.54) is 0 Å². The van der Waals surface area contributed by atoms with Crippen molar-refractivity contribution in [1.82, 2.24) is 19.2 Å². The van der Waals surface area contributed by atoms with Gasteiger partial charge in [-0.05, 0) is 32.5 Å². The molecule has 0 radical (unpaired) electrons. The Morgan fingerprint density at radius 3 is 2.48 bits per heavy atom. The molecule has 1 atom stereocenters. The van der Waals surface area contributed by atoms with Crippen LogP contribution in [-0.2, 0) is 4.74 Å². The minimum absolute atomic E-state index is 0.0166. The summed E-state index contributed by atoms with van der Waals surface area (Å²) >= 11 is 0. The maximum absolute atomic E-state index is 12.8. The van der Waals surface area contributed by atoms with E-state index in [1.54, 1.807) is 10.5 Å². The molecule has 146 valence electrons. The summed E-state index contributed by atoms with van der Waals surface area (Å²) in [7, 11) is 2.17. The number of aryl methyl sites for hydroxylation is 1. The number of ether oxygens (including phenoxy) is 1. The molecule has 0 bridgehead atoms. The molecular formula is C20H29N5O2. The van der Waals surface area contributed by atoms with Gasteiger partial charge in [0.25, 0.3) is 5.56 Å². The molecule has 7 heteroatoms. The first kappa shape index (κ1) is 18.4. The van der Waals surface area contributed by atoms with E-state index in [-0.39, 0.29) is 11.6 Å². The van der Waals surface area contributed by atoms with Crippen molar-refractivity contribution >= 4 is 11.5 Å². The summed E-state index contributed by atoms with van der Waals surface area (Å²) < 4.78 is 7.15. The largest absolute Gasteiger partial charge is 0.378 e. The Morgan fingerprint density at radius 2 is 1.78 bits per heavy atom. The van der Waals surface area contributed by atoms with E-state index in [0.717, 1.165) is 61.9 Å². The van der Waals surface area contributed by atoms with Crippen LogP contribution in [0.1, 0.15) is 24.1 Å². The van der Waals surface area contributed by atoms with Crippen molar-refractivity contribution in [1.29, 1.82) is 0 Å². The summed E-state index contributed by atoms with van der Waals surface area (Å²) in [6.45, 7) is 11.4. The first-order valence-electron chi connectivity index (χ1n) is 9.82. The van der Waals surface area contributed by atoms with Crippen molar-refractivity contribution in [3.63, 3.8) is 0 Å². The van der Waals surface area contributed by atoms with Gasteiger partial charge in [-0.2, -0.15) is 0 Å². The van der Waals surface area contributed by atoms with E-state index >= 15 is 0 Å². The van der Waals surface area contributed by atoms with Gasteiger partial charge < -0.3 is 14.5 Å². The van der Waals surface area contributed by atoms with Gasteiger partial charge in [0.1, 0.15) is 11.5 Å². The van der Waals surface area contributed by atoms with E-state index in [1.807, 2.05) is 13.1 Å². The average Bonchev–Trinajstić information content (AvgIpc) is 2.68. The van der Waals surface area contributed by atoms with E-state index in [0.29, 0.717) is 13.2 Å². The average molecular weight is 371 g/mol. The van der Waals surface area contributed by atoms with Gasteiger partial charge in [-0.25, -0.2) is 4.98 Å². The number of rotatable bonds is 3. The van der Waals surface area contributed by atoms with Gasteiger partial charge in [-0.1, -0.05) is 0 Å². The number of fused-ring (bicyclic) bond motifs is 1. The normalized spacial score (nSPS) is 20.9. The van der Waals surface area contributed by atoms with E-state index in [4.69, 9.17) is 9.72 Å². The number of hydrogen-bond acceptors (Lipinski definition) is 6. The molecule has 0 aromatic carbocycles. The van der Waals surface area contributed by atoms with Crippen LogP contribution < -0.4 is 10.5 Å². The number of likely N-dealkylation sites (N-methyl/N-ethyl adjacent to an activating group) is 1. The van der Waals surface area contributed by atoms with E-state index in [2.05, 4.69) is 34.7 Å². The Bertz CT molecular complexity index is 867.